The van der Waals surface area contributed by atoms with Gasteiger partial charge in [-0.2, -0.15) is 0 Å². The van der Waals surface area contributed by atoms with Gasteiger partial charge in [-0.25, -0.2) is 14.3 Å². The molecule has 1 aromatic heterocycles. The molecule has 0 saturated heterocycles. The first-order valence-electron chi connectivity index (χ1n) is 8.26. The van der Waals surface area contributed by atoms with Gasteiger partial charge in [-0.05, 0) is 48.5 Å². The summed E-state index contributed by atoms with van der Waals surface area (Å²) in [5.41, 5.74) is 2.63. The molecule has 1 aliphatic heterocycles. The summed E-state index contributed by atoms with van der Waals surface area (Å²) < 4.78 is 19.1. The molecule has 6 heteroatoms. The van der Waals surface area contributed by atoms with Gasteiger partial charge in [-0.1, -0.05) is 18.2 Å². The van der Waals surface area contributed by atoms with Crippen molar-refractivity contribution in [2.75, 3.05) is 4.90 Å². The molecule has 5 nitrogen and oxygen atoms in total. The van der Waals surface area contributed by atoms with Gasteiger partial charge >= 0.3 is 0 Å². The Kier molecular flexibility index (Phi) is 3.21. The van der Waals surface area contributed by atoms with Gasteiger partial charge in [0.1, 0.15) is 11.3 Å². The van der Waals surface area contributed by atoms with E-state index in [-0.39, 0.29) is 23.5 Å². The maximum Gasteiger partial charge on any atom is 0.266 e. The number of halogens is 1. The SMILES string of the molecule is O=C1c2ccccc2C(=O)N1c1ccc2oc(-c3cccc(F)c3)nc2c1. The highest BCUT2D eigenvalue weighted by molar-refractivity contribution is 6.34. The van der Waals surface area contributed by atoms with Crippen LogP contribution in [-0.4, -0.2) is 16.8 Å². The zero-order chi connectivity index (χ0) is 18.5. The second kappa shape index (κ2) is 5.60. The third-order valence-electron chi connectivity index (χ3n) is 4.49. The molecule has 4 aromatic rings. The summed E-state index contributed by atoms with van der Waals surface area (Å²) in [4.78, 5) is 30.8. The molecule has 3 aromatic carbocycles. The van der Waals surface area contributed by atoms with E-state index in [1.807, 2.05) is 0 Å². The molecule has 0 bridgehead atoms. The average Bonchev–Trinajstić information content (AvgIpc) is 3.21. The molecule has 1 aliphatic rings. The fraction of sp³-hybridized carbons (Fsp3) is 0. The summed E-state index contributed by atoms with van der Waals surface area (Å²) >= 11 is 0. The van der Waals surface area contributed by atoms with E-state index in [0.717, 1.165) is 4.90 Å². The number of anilines is 1. The van der Waals surface area contributed by atoms with Gasteiger partial charge in [-0.3, -0.25) is 9.59 Å². The Morgan fingerprint density at radius 1 is 0.852 bits per heavy atom. The largest absolute Gasteiger partial charge is 0.436 e. The Bertz CT molecular complexity index is 1210. The van der Waals surface area contributed by atoms with E-state index in [9.17, 15) is 14.0 Å². The lowest BCUT2D eigenvalue weighted by Gasteiger charge is -2.13. The van der Waals surface area contributed by atoms with Crippen molar-refractivity contribution < 1.29 is 18.4 Å². The number of carbonyl (C=O) groups is 2. The molecule has 130 valence electrons. The van der Waals surface area contributed by atoms with Crippen LogP contribution in [0.1, 0.15) is 20.7 Å². The van der Waals surface area contributed by atoms with E-state index in [2.05, 4.69) is 4.98 Å². The third kappa shape index (κ3) is 2.34. The first-order valence-corrected chi connectivity index (χ1v) is 8.26. The van der Waals surface area contributed by atoms with E-state index >= 15 is 0 Å². The van der Waals surface area contributed by atoms with Crippen LogP contribution in [0, 0.1) is 5.82 Å². The smallest absolute Gasteiger partial charge is 0.266 e. The van der Waals surface area contributed by atoms with Crippen molar-refractivity contribution in [2.45, 2.75) is 0 Å². The van der Waals surface area contributed by atoms with E-state index in [1.165, 1.54) is 12.1 Å². The number of carbonyl (C=O) groups excluding carboxylic acids is 2. The lowest BCUT2D eigenvalue weighted by Crippen LogP contribution is -2.29. The van der Waals surface area contributed by atoms with Crippen LogP contribution in [0.3, 0.4) is 0 Å². The molecule has 0 atom stereocenters. The van der Waals surface area contributed by atoms with Crippen LogP contribution >= 0.6 is 0 Å². The lowest BCUT2D eigenvalue weighted by molar-refractivity contribution is 0.0926. The van der Waals surface area contributed by atoms with Crippen molar-refractivity contribution in [3.63, 3.8) is 0 Å². The van der Waals surface area contributed by atoms with Crippen molar-refractivity contribution in [3.8, 4) is 11.5 Å². The summed E-state index contributed by atoms with van der Waals surface area (Å²) in [6.45, 7) is 0. The number of hydrogen-bond acceptors (Lipinski definition) is 4. The molecule has 0 N–H and O–H groups in total. The number of fused-ring (bicyclic) bond motifs is 2. The molecular formula is C21H11FN2O3. The normalized spacial score (nSPS) is 13.4. The van der Waals surface area contributed by atoms with Crippen LogP contribution in [0.5, 0.6) is 0 Å². The Morgan fingerprint density at radius 2 is 1.59 bits per heavy atom. The summed E-state index contributed by atoms with van der Waals surface area (Å²) in [6, 6.07) is 17.5. The molecule has 0 spiro atoms. The topological polar surface area (TPSA) is 63.4 Å². The number of oxazole rings is 1. The summed E-state index contributed by atoms with van der Waals surface area (Å²) in [5.74, 6) is -0.863. The van der Waals surface area contributed by atoms with Gasteiger partial charge in [-0.15, -0.1) is 0 Å². The van der Waals surface area contributed by atoms with E-state index < -0.39 is 0 Å². The van der Waals surface area contributed by atoms with Crippen molar-refractivity contribution >= 4 is 28.6 Å². The third-order valence-corrected chi connectivity index (χ3v) is 4.49. The van der Waals surface area contributed by atoms with Gasteiger partial charge in [0, 0.05) is 5.56 Å². The standard InChI is InChI=1S/C21H11FN2O3/c22-13-5-3-4-12(10-13)19-23-17-11-14(8-9-18(17)27-19)24-20(25)15-6-1-2-7-16(15)21(24)26/h1-11H. The zero-order valence-electron chi connectivity index (χ0n) is 13.8. The van der Waals surface area contributed by atoms with Gasteiger partial charge in [0.15, 0.2) is 5.58 Å². The van der Waals surface area contributed by atoms with Crippen LogP contribution in [0.25, 0.3) is 22.6 Å². The van der Waals surface area contributed by atoms with Gasteiger partial charge < -0.3 is 4.42 Å². The first kappa shape index (κ1) is 15.5. The zero-order valence-corrected chi connectivity index (χ0v) is 13.8. The monoisotopic (exact) mass is 358 g/mol. The van der Waals surface area contributed by atoms with Crippen molar-refractivity contribution in [1.82, 2.24) is 4.98 Å². The number of aromatic nitrogens is 1. The second-order valence-corrected chi connectivity index (χ2v) is 6.17. The van der Waals surface area contributed by atoms with Crippen LogP contribution in [0.2, 0.25) is 0 Å². The highest BCUT2D eigenvalue weighted by Crippen LogP contribution is 2.32. The van der Waals surface area contributed by atoms with Crippen LogP contribution in [-0.2, 0) is 0 Å². The maximum absolute atomic E-state index is 13.4. The molecule has 0 aliphatic carbocycles. The first-order chi connectivity index (χ1) is 13.1. The summed E-state index contributed by atoms with van der Waals surface area (Å²) in [5, 5.41) is 0. The Labute approximate surface area is 152 Å². The van der Waals surface area contributed by atoms with Gasteiger partial charge in [0.25, 0.3) is 11.8 Å². The molecule has 2 amide bonds. The minimum Gasteiger partial charge on any atom is -0.436 e. The number of amides is 2. The fourth-order valence-corrected chi connectivity index (χ4v) is 3.22. The summed E-state index contributed by atoms with van der Waals surface area (Å²) in [7, 11) is 0. The lowest BCUT2D eigenvalue weighted by atomic mass is 10.1. The van der Waals surface area contributed by atoms with Crippen molar-refractivity contribution in [3.05, 3.63) is 83.7 Å². The summed E-state index contributed by atoms with van der Waals surface area (Å²) in [6.07, 6.45) is 0. The molecule has 0 saturated carbocycles. The van der Waals surface area contributed by atoms with Gasteiger partial charge in [0.2, 0.25) is 5.89 Å². The molecule has 27 heavy (non-hydrogen) atoms. The number of rotatable bonds is 2. The molecule has 5 rings (SSSR count). The van der Waals surface area contributed by atoms with Crippen molar-refractivity contribution in [2.24, 2.45) is 0 Å². The maximum atomic E-state index is 13.4. The van der Waals surface area contributed by atoms with E-state index in [0.29, 0.717) is 33.5 Å². The highest BCUT2D eigenvalue weighted by atomic mass is 19.1. The average molecular weight is 358 g/mol. The molecule has 0 unspecified atom stereocenters. The molecule has 0 fully saturated rings. The Hall–Kier alpha value is -3.80. The fourth-order valence-electron chi connectivity index (χ4n) is 3.22. The predicted molar refractivity (Wildman–Crippen MR) is 97.0 cm³/mol. The molecular weight excluding hydrogens is 347 g/mol. The number of benzene rings is 3. The minimum absolute atomic E-state index is 0.268. The number of hydrogen-bond donors (Lipinski definition) is 0. The molecule has 0 radical (unpaired) electrons. The van der Waals surface area contributed by atoms with Crippen LogP contribution in [0.4, 0.5) is 10.1 Å². The minimum atomic E-state index is -0.388. The van der Waals surface area contributed by atoms with Crippen molar-refractivity contribution in [1.29, 1.82) is 0 Å². The number of imide groups is 1. The highest BCUT2D eigenvalue weighted by Gasteiger charge is 2.36. The Morgan fingerprint density at radius 3 is 2.30 bits per heavy atom. The Balaban J connectivity index is 1.58. The van der Waals surface area contributed by atoms with Gasteiger partial charge in [0.05, 0.1) is 16.8 Å². The molecule has 2 heterocycles. The van der Waals surface area contributed by atoms with E-state index in [1.54, 1.807) is 54.6 Å². The number of nitrogens with zero attached hydrogens (tertiary/aromatic N) is 2. The quantitative estimate of drug-likeness (QED) is 0.497. The second-order valence-electron chi connectivity index (χ2n) is 6.17. The van der Waals surface area contributed by atoms with Crippen LogP contribution in [0.15, 0.2) is 71.1 Å². The van der Waals surface area contributed by atoms with E-state index in [4.69, 9.17) is 4.42 Å². The van der Waals surface area contributed by atoms with Crippen LogP contribution < -0.4 is 4.90 Å². The predicted octanol–water partition coefficient (Wildman–Crippen LogP) is 4.43.